The number of likely N-dealkylation sites (tertiary alicyclic amines) is 1. The van der Waals surface area contributed by atoms with Crippen molar-refractivity contribution in [1.29, 1.82) is 0 Å². The van der Waals surface area contributed by atoms with Gasteiger partial charge in [-0.1, -0.05) is 30.3 Å². The SMILES string of the molecule is O=C(NCC(=O)N1CCCC1)c1ccc(NS(=O)(=O)/C=C\c2ccccc2)cc1. The molecule has 0 spiro atoms. The van der Waals surface area contributed by atoms with Crippen LogP contribution in [-0.4, -0.2) is 44.8 Å². The van der Waals surface area contributed by atoms with Crippen molar-refractivity contribution in [3.8, 4) is 0 Å². The zero-order valence-corrected chi connectivity index (χ0v) is 16.7. The lowest BCUT2D eigenvalue weighted by Crippen LogP contribution is -2.38. The van der Waals surface area contributed by atoms with Crippen LogP contribution in [-0.2, 0) is 14.8 Å². The molecule has 1 heterocycles. The van der Waals surface area contributed by atoms with Crippen molar-refractivity contribution in [3.63, 3.8) is 0 Å². The van der Waals surface area contributed by atoms with Crippen molar-refractivity contribution in [2.75, 3.05) is 24.4 Å². The van der Waals surface area contributed by atoms with Gasteiger partial charge in [-0.15, -0.1) is 0 Å². The van der Waals surface area contributed by atoms with Crippen LogP contribution in [0.25, 0.3) is 6.08 Å². The number of carbonyl (C=O) groups excluding carboxylic acids is 2. The lowest BCUT2D eigenvalue weighted by molar-refractivity contribution is -0.129. The van der Waals surface area contributed by atoms with Gasteiger partial charge in [-0.3, -0.25) is 14.3 Å². The molecule has 0 atom stereocenters. The molecule has 0 aliphatic carbocycles. The molecule has 152 valence electrons. The standard InChI is InChI=1S/C21H23N3O4S/c25-20(24-13-4-5-14-24)16-22-21(26)18-8-10-19(11-9-18)23-29(27,28)15-12-17-6-2-1-3-7-17/h1-3,6-12,15,23H,4-5,13-14,16H2,(H,22,26)/b15-12-. The van der Waals surface area contributed by atoms with Gasteiger partial charge in [-0.25, -0.2) is 8.42 Å². The van der Waals surface area contributed by atoms with Crippen LogP contribution in [0.4, 0.5) is 5.69 Å². The molecule has 8 heteroatoms. The van der Waals surface area contributed by atoms with E-state index in [1.54, 1.807) is 17.0 Å². The Morgan fingerprint density at radius 2 is 1.62 bits per heavy atom. The molecule has 2 amide bonds. The first-order valence-corrected chi connectivity index (χ1v) is 10.9. The zero-order valence-electron chi connectivity index (χ0n) is 15.9. The van der Waals surface area contributed by atoms with Crippen LogP contribution >= 0.6 is 0 Å². The molecule has 2 aromatic carbocycles. The number of carbonyl (C=O) groups is 2. The van der Waals surface area contributed by atoms with Crippen LogP contribution < -0.4 is 10.0 Å². The van der Waals surface area contributed by atoms with E-state index in [1.807, 2.05) is 18.2 Å². The van der Waals surface area contributed by atoms with E-state index >= 15 is 0 Å². The monoisotopic (exact) mass is 413 g/mol. The smallest absolute Gasteiger partial charge is 0.255 e. The van der Waals surface area contributed by atoms with Crippen LogP contribution in [0, 0.1) is 0 Å². The van der Waals surface area contributed by atoms with Crippen LogP contribution in [0.2, 0.25) is 0 Å². The minimum atomic E-state index is -3.68. The van der Waals surface area contributed by atoms with Gasteiger partial charge in [0.1, 0.15) is 0 Å². The molecule has 0 saturated carbocycles. The Kier molecular flexibility index (Phi) is 6.66. The summed E-state index contributed by atoms with van der Waals surface area (Å²) < 4.78 is 26.8. The molecule has 1 fully saturated rings. The number of anilines is 1. The fourth-order valence-electron chi connectivity index (χ4n) is 2.96. The van der Waals surface area contributed by atoms with E-state index in [1.165, 1.54) is 30.3 Å². The second-order valence-corrected chi connectivity index (χ2v) is 8.27. The van der Waals surface area contributed by atoms with Crippen molar-refractivity contribution >= 4 is 33.6 Å². The normalized spacial score (nSPS) is 14.1. The molecule has 0 aromatic heterocycles. The maximum absolute atomic E-state index is 12.2. The molecule has 0 radical (unpaired) electrons. The molecular weight excluding hydrogens is 390 g/mol. The first-order valence-electron chi connectivity index (χ1n) is 9.35. The van der Waals surface area contributed by atoms with Gasteiger partial charge in [-0.05, 0) is 48.7 Å². The quantitative estimate of drug-likeness (QED) is 0.729. The van der Waals surface area contributed by atoms with Gasteiger partial charge in [0, 0.05) is 24.3 Å². The van der Waals surface area contributed by atoms with E-state index in [-0.39, 0.29) is 18.4 Å². The minimum Gasteiger partial charge on any atom is -0.343 e. The highest BCUT2D eigenvalue weighted by Gasteiger charge is 2.18. The average molecular weight is 413 g/mol. The summed E-state index contributed by atoms with van der Waals surface area (Å²) in [6.07, 6.45) is 3.50. The minimum absolute atomic E-state index is 0.0442. The van der Waals surface area contributed by atoms with Crippen LogP contribution in [0.15, 0.2) is 60.0 Å². The Morgan fingerprint density at radius 1 is 0.966 bits per heavy atom. The molecule has 3 rings (SSSR count). The predicted octanol–water partition coefficient (Wildman–Crippen LogP) is 2.45. The summed E-state index contributed by atoms with van der Waals surface area (Å²) in [5.41, 5.74) is 1.46. The van der Waals surface area contributed by atoms with Crippen molar-refractivity contribution in [3.05, 3.63) is 71.1 Å². The van der Waals surface area contributed by atoms with E-state index in [9.17, 15) is 18.0 Å². The van der Waals surface area contributed by atoms with E-state index in [0.717, 1.165) is 36.9 Å². The Morgan fingerprint density at radius 3 is 2.28 bits per heavy atom. The molecule has 2 N–H and O–H groups in total. The fraction of sp³-hybridized carbons (Fsp3) is 0.238. The summed E-state index contributed by atoms with van der Waals surface area (Å²) in [7, 11) is -3.68. The van der Waals surface area contributed by atoms with Gasteiger partial charge in [0.25, 0.3) is 15.9 Å². The number of nitrogens with one attached hydrogen (secondary N) is 2. The molecule has 1 aliphatic heterocycles. The molecule has 2 aromatic rings. The Labute approximate surface area is 170 Å². The summed E-state index contributed by atoms with van der Waals surface area (Å²) in [5.74, 6) is -0.471. The summed E-state index contributed by atoms with van der Waals surface area (Å²) in [4.78, 5) is 25.9. The number of rotatable bonds is 7. The third-order valence-corrected chi connectivity index (χ3v) is 5.52. The summed E-state index contributed by atoms with van der Waals surface area (Å²) in [5, 5.41) is 3.69. The maximum Gasteiger partial charge on any atom is 0.255 e. The molecule has 1 aliphatic rings. The largest absolute Gasteiger partial charge is 0.343 e. The lowest BCUT2D eigenvalue weighted by Gasteiger charge is -2.15. The van der Waals surface area contributed by atoms with Gasteiger partial charge in [0.05, 0.1) is 12.0 Å². The van der Waals surface area contributed by atoms with Crippen molar-refractivity contribution in [1.82, 2.24) is 10.2 Å². The van der Waals surface area contributed by atoms with Crippen molar-refractivity contribution in [2.45, 2.75) is 12.8 Å². The van der Waals surface area contributed by atoms with E-state index < -0.39 is 10.0 Å². The fourth-order valence-corrected chi connectivity index (χ4v) is 3.83. The third-order valence-electron chi connectivity index (χ3n) is 4.51. The number of sulfonamides is 1. The van der Waals surface area contributed by atoms with Gasteiger partial charge in [0.2, 0.25) is 5.91 Å². The highest BCUT2D eigenvalue weighted by atomic mass is 32.2. The number of amides is 2. The predicted molar refractivity (Wildman–Crippen MR) is 113 cm³/mol. The highest BCUT2D eigenvalue weighted by molar-refractivity contribution is 7.95. The van der Waals surface area contributed by atoms with Crippen LogP contribution in [0.3, 0.4) is 0 Å². The molecular formula is C21H23N3O4S. The van der Waals surface area contributed by atoms with Gasteiger partial charge in [0.15, 0.2) is 0 Å². The maximum atomic E-state index is 12.2. The highest BCUT2D eigenvalue weighted by Crippen LogP contribution is 2.13. The molecule has 0 bridgehead atoms. The Bertz CT molecular complexity index is 980. The molecule has 7 nitrogen and oxygen atoms in total. The third kappa shape index (κ3) is 6.18. The number of hydrogen-bond donors (Lipinski definition) is 2. The topological polar surface area (TPSA) is 95.6 Å². The lowest BCUT2D eigenvalue weighted by atomic mass is 10.2. The van der Waals surface area contributed by atoms with E-state index in [0.29, 0.717) is 11.3 Å². The summed E-state index contributed by atoms with van der Waals surface area (Å²) in [6.45, 7) is 1.43. The van der Waals surface area contributed by atoms with Crippen LogP contribution in [0.5, 0.6) is 0 Å². The van der Waals surface area contributed by atoms with Gasteiger partial charge in [-0.2, -0.15) is 0 Å². The second kappa shape index (κ2) is 9.38. The number of nitrogens with zero attached hydrogens (tertiary/aromatic N) is 1. The Balaban J connectivity index is 1.54. The first kappa shape index (κ1) is 20.6. The number of benzene rings is 2. The Hall–Kier alpha value is -3.13. The first-order chi connectivity index (χ1) is 13.9. The summed E-state index contributed by atoms with van der Waals surface area (Å²) in [6, 6.07) is 15.1. The second-order valence-electron chi connectivity index (χ2n) is 6.71. The van der Waals surface area contributed by atoms with Crippen molar-refractivity contribution in [2.24, 2.45) is 0 Å². The molecule has 1 saturated heterocycles. The van der Waals surface area contributed by atoms with Crippen molar-refractivity contribution < 1.29 is 18.0 Å². The van der Waals surface area contributed by atoms with E-state index in [2.05, 4.69) is 10.0 Å². The average Bonchev–Trinajstić information content (AvgIpc) is 3.26. The van der Waals surface area contributed by atoms with Gasteiger partial charge < -0.3 is 10.2 Å². The van der Waals surface area contributed by atoms with Gasteiger partial charge >= 0.3 is 0 Å². The number of hydrogen-bond acceptors (Lipinski definition) is 4. The van der Waals surface area contributed by atoms with Crippen LogP contribution in [0.1, 0.15) is 28.8 Å². The van der Waals surface area contributed by atoms with E-state index in [4.69, 9.17) is 0 Å². The zero-order chi connectivity index (χ0) is 20.7. The summed E-state index contributed by atoms with van der Waals surface area (Å²) >= 11 is 0. The molecule has 29 heavy (non-hydrogen) atoms. The molecule has 0 unspecified atom stereocenters.